The highest BCUT2D eigenvalue weighted by Gasteiger charge is 2.03. The highest BCUT2D eigenvalue weighted by atomic mass is 35.5. The maximum absolute atomic E-state index is 6.07. The molecule has 0 saturated carbocycles. The van der Waals surface area contributed by atoms with E-state index < -0.39 is 0 Å². The molecular formula is C16H20ClNO2. The van der Waals surface area contributed by atoms with Crippen LogP contribution in [0.3, 0.4) is 0 Å². The van der Waals surface area contributed by atoms with Crippen LogP contribution < -0.4 is 5.32 Å². The molecule has 0 radical (unpaired) electrons. The van der Waals surface area contributed by atoms with Crippen molar-refractivity contribution in [3.05, 3.63) is 58.5 Å². The molecule has 1 heterocycles. The zero-order valence-corrected chi connectivity index (χ0v) is 12.5. The summed E-state index contributed by atoms with van der Waals surface area (Å²) in [5, 5.41) is 4.03. The quantitative estimate of drug-likeness (QED) is 0.743. The third-order valence-electron chi connectivity index (χ3n) is 2.90. The number of nitrogens with one attached hydrogen (secondary N) is 1. The Bertz CT molecular complexity index is 525. The van der Waals surface area contributed by atoms with Gasteiger partial charge < -0.3 is 14.5 Å². The Hall–Kier alpha value is -1.29. The summed E-state index contributed by atoms with van der Waals surface area (Å²) >= 11 is 6.07. The van der Waals surface area contributed by atoms with Crippen molar-refractivity contribution < 1.29 is 9.15 Å². The van der Waals surface area contributed by atoms with Gasteiger partial charge in [-0.05, 0) is 36.7 Å². The van der Waals surface area contributed by atoms with Crippen LogP contribution in [0.4, 0.5) is 0 Å². The summed E-state index contributed by atoms with van der Waals surface area (Å²) in [7, 11) is 0. The lowest BCUT2D eigenvalue weighted by Crippen LogP contribution is -2.13. The average Bonchev–Trinajstić information content (AvgIpc) is 2.89. The highest BCUT2D eigenvalue weighted by molar-refractivity contribution is 6.31. The van der Waals surface area contributed by atoms with E-state index in [0.29, 0.717) is 13.2 Å². The molecule has 4 heteroatoms. The first-order valence-corrected chi connectivity index (χ1v) is 7.27. The molecule has 3 nitrogen and oxygen atoms in total. The van der Waals surface area contributed by atoms with E-state index in [2.05, 4.69) is 12.2 Å². The molecule has 0 aliphatic rings. The zero-order chi connectivity index (χ0) is 14.2. The van der Waals surface area contributed by atoms with Crippen molar-refractivity contribution in [3.63, 3.8) is 0 Å². The number of benzene rings is 1. The lowest BCUT2D eigenvalue weighted by atomic mass is 10.2. The van der Waals surface area contributed by atoms with E-state index in [-0.39, 0.29) is 0 Å². The van der Waals surface area contributed by atoms with Gasteiger partial charge in [0.15, 0.2) is 0 Å². The molecule has 0 atom stereocenters. The molecule has 20 heavy (non-hydrogen) atoms. The Morgan fingerprint density at radius 2 is 1.90 bits per heavy atom. The molecule has 0 unspecified atom stereocenters. The molecule has 108 valence electrons. The standard InChI is InChI=1S/C16H20ClNO2/c1-2-9-18-10-14-7-8-15(20-14)12-19-11-13-5-3-4-6-16(13)17/h3-8,18H,2,9-12H2,1H3. The molecule has 0 aliphatic carbocycles. The number of furan rings is 1. The molecule has 0 spiro atoms. The van der Waals surface area contributed by atoms with E-state index in [1.165, 1.54) is 0 Å². The molecule has 0 amide bonds. The minimum Gasteiger partial charge on any atom is -0.462 e. The van der Waals surface area contributed by atoms with Gasteiger partial charge in [0, 0.05) is 5.02 Å². The lowest BCUT2D eigenvalue weighted by molar-refractivity contribution is 0.0920. The molecule has 0 bridgehead atoms. The minimum atomic E-state index is 0.457. The first kappa shape index (κ1) is 15.1. The van der Waals surface area contributed by atoms with E-state index >= 15 is 0 Å². The number of halogens is 1. The van der Waals surface area contributed by atoms with E-state index in [1.807, 2.05) is 36.4 Å². The second-order valence-electron chi connectivity index (χ2n) is 4.63. The summed E-state index contributed by atoms with van der Waals surface area (Å²) in [6, 6.07) is 11.6. The van der Waals surface area contributed by atoms with Gasteiger partial charge >= 0.3 is 0 Å². The summed E-state index contributed by atoms with van der Waals surface area (Å²) in [6.07, 6.45) is 1.12. The van der Waals surface area contributed by atoms with Gasteiger partial charge in [-0.3, -0.25) is 0 Å². The van der Waals surface area contributed by atoms with Crippen LogP contribution in [0.25, 0.3) is 0 Å². The summed E-state index contributed by atoms with van der Waals surface area (Å²) in [4.78, 5) is 0. The topological polar surface area (TPSA) is 34.4 Å². The molecule has 0 saturated heterocycles. The van der Waals surface area contributed by atoms with Gasteiger partial charge in [0.25, 0.3) is 0 Å². The summed E-state index contributed by atoms with van der Waals surface area (Å²) in [5.41, 5.74) is 0.991. The van der Waals surface area contributed by atoms with Crippen molar-refractivity contribution in [1.29, 1.82) is 0 Å². The fraction of sp³-hybridized carbons (Fsp3) is 0.375. The second kappa shape index (κ2) is 8.10. The summed E-state index contributed by atoms with van der Waals surface area (Å²) in [5.74, 6) is 1.78. The maximum Gasteiger partial charge on any atom is 0.129 e. The van der Waals surface area contributed by atoms with E-state index in [9.17, 15) is 0 Å². The van der Waals surface area contributed by atoms with Gasteiger partial charge in [0.1, 0.15) is 18.1 Å². The molecule has 0 aliphatic heterocycles. The molecule has 1 N–H and O–H groups in total. The largest absolute Gasteiger partial charge is 0.462 e. The van der Waals surface area contributed by atoms with Crippen molar-refractivity contribution in [2.45, 2.75) is 33.1 Å². The van der Waals surface area contributed by atoms with Gasteiger partial charge in [-0.1, -0.05) is 36.7 Å². The van der Waals surface area contributed by atoms with Crippen LogP contribution >= 0.6 is 11.6 Å². The van der Waals surface area contributed by atoms with Crippen molar-refractivity contribution in [1.82, 2.24) is 5.32 Å². The van der Waals surface area contributed by atoms with Crippen molar-refractivity contribution in [2.75, 3.05) is 6.54 Å². The third kappa shape index (κ3) is 4.67. The normalized spacial score (nSPS) is 10.9. The van der Waals surface area contributed by atoms with Gasteiger partial charge in [0.2, 0.25) is 0 Å². The predicted octanol–water partition coefficient (Wildman–Crippen LogP) is 4.15. The van der Waals surface area contributed by atoms with Gasteiger partial charge in [-0.25, -0.2) is 0 Å². The molecule has 1 aromatic carbocycles. The third-order valence-corrected chi connectivity index (χ3v) is 3.27. The monoisotopic (exact) mass is 293 g/mol. The van der Waals surface area contributed by atoms with Crippen LogP contribution in [0.15, 0.2) is 40.8 Å². The van der Waals surface area contributed by atoms with Crippen LogP contribution in [0.2, 0.25) is 5.02 Å². The first-order valence-electron chi connectivity index (χ1n) is 6.89. The SMILES string of the molecule is CCCNCc1ccc(COCc2ccccc2Cl)o1. The Morgan fingerprint density at radius 3 is 2.70 bits per heavy atom. The first-order chi connectivity index (χ1) is 9.79. The summed E-state index contributed by atoms with van der Waals surface area (Å²) < 4.78 is 11.3. The smallest absolute Gasteiger partial charge is 0.129 e. The maximum atomic E-state index is 6.07. The van der Waals surface area contributed by atoms with E-state index in [1.54, 1.807) is 0 Å². The number of hydrogen-bond acceptors (Lipinski definition) is 3. The Balaban J connectivity index is 1.75. The number of ether oxygens (including phenoxy) is 1. The average molecular weight is 294 g/mol. The fourth-order valence-electron chi connectivity index (χ4n) is 1.86. The van der Waals surface area contributed by atoms with Crippen LogP contribution in [0.1, 0.15) is 30.4 Å². The van der Waals surface area contributed by atoms with E-state index in [4.69, 9.17) is 20.8 Å². The number of hydrogen-bond donors (Lipinski definition) is 1. The van der Waals surface area contributed by atoms with Crippen LogP contribution in [0, 0.1) is 0 Å². The molecule has 2 aromatic rings. The van der Waals surface area contributed by atoms with Gasteiger partial charge in [-0.15, -0.1) is 0 Å². The highest BCUT2D eigenvalue weighted by Crippen LogP contribution is 2.17. The van der Waals surface area contributed by atoms with Gasteiger partial charge in [0.05, 0.1) is 13.2 Å². The van der Waals surface area contributed by atoms with Crippen LogP contribution in [-0.2, 0) is 24.5 Å². The predicted molar refractivity (Wildman–Crippen MR) is 80.7 cm³/mol. The lowest BCUT2D eigenvalue weighted by Gasteiger charge is -2.04. The van der Waals surface area contributed by atoms with Crippen LogP contribution in [0.5, 0.6) is 0 Å². The molecule has 2 rings (SSSR count). The fourth-order valence-corrected chi connectivity index (χ4v) is 2.05. The van der Waals surface area contributed by atoms with Crippen molar-refractivity contribution in [2.24, 2.45) is 0 Å². The summed E-state index contributed by atoms with van der Waals surface area (Å²) in [6.45, 7) is 4.85. The molecule has 1 aromatic heterocycles. The van der Waals surface area contributed by atoms with Crippen molar-refractivity contribution >= 4 is 11.6 Å². The van der Waals surface area contributed by atoms with Crippen LogP contribution in [-0.4, -0.2) is 6.54 Å². The minimum absolute atomic E-state index is 0.457. The Morgan fingerprint density at radius 1 is 1.10 bits per heavy atom. The number of rotatable bonds is 8. The van der Waals surface area contributed by atoms with Gasteiger partial charge in [-0.2, -0.15) is 0 Å². The van der Waals surface area contributed by atoms with E-state index in [0.717, 1.165) is 41.6 Å². The molecule has 0 fully saturated rings. The second-order valence-corrected chi connectivity index (χ2v) is 5.04. The Labute approximate surface area is 124 Å². The van der Waals surface area contributed by atoms with Crippen molar-refractivity contribution in [3.8, 4) is 0 Å². The molecular weight excluding hydrogens is 274 g/mol. The zero-order valence-electron chi connectivity index (χ0n) is 11.7. The Kier molecular flexibility index (Phi) is 6.12.